The van der Waals surface area contributed by atoms with Gasteiger partial charge in [-0.15, -0.1) is 0 Å². The van der Waals surface area contributed by atoms with E-state index in [2.05, 4.69) is 15.1 Å². The van der Waals surface area contributed by atoms with Crippen LogP contribution in [0, 0.1) is 17.0 Å². The summed E-state index contributed by atoms with van der Waals surface area (Å²) in [6.07, 6.45) is 0. The first kappa shape index (κ1) is 18.4. The molecule has 1 aliphatic rings. The smallest absolute Gasteiger partial charge is 0.269 e. The van der Waals surface area contributed by atoms with Crippen LogP contribution in [0.5, 0.6) is 0 Å². The largest absolute Gasteiger partial charge is 0.368 e. The number of rotatable bonds is 3. The lowest BCUT2D eigenvalue weighted by Gasteiger charge is -2.37. The Morgan fingerprint density at radius 2 is 1.81 bits per heavy atom. The van der Waals surface area contributed by atoms with E-state index in [4.69, 9.17) is 23.8 Å². The Hall–Kier alpha value is -2.38. The van der Waals surface area contributed by atoms with Gasteiger partial charge in [0, 0.05) is 54.7 Å². The molecule has 26 heavy (non-hydrogen) atoms. The van der Waals surface area contributed by atoms with Crippen LogP contribution in [0.15, 0.2) is 42.5 Å². The number of halogens is 1. The molecule has 1 heterocycles. The summed E-state index contributed by atoms with van der Waals surface area (Å²) in [5, 5.41) is 15.4. The summed E-state index contributed by atoms with van der Waals surface area (Å²) < 4.78 is 0. The summed E-state index contributed by atoms with van der Waals surface area (Å²) >= 11 is 11.6. The minimum atomic E-state index is -0.385. The second kappa shape index (κ2) is 7.88. The van der Waals surface area contributed by atoms with Crippen LogP contribution in [-0.4, -0.2) is 41.1 Å². The number of non-ortho nitro benzene ring substituents is 1. The molecular weight excluding hydrogens is 372 g/mol. The minimum absolute atomic E-state index is 0.106. The summed E-state index contributed by atoms with van der Waals surface area (Å²) in [4.78, 5) is 14.7. The Bertz CT molecular complexity index is 820. The van der Waals surface area contributed by atoms with Gasteiger partial charge in [-0.05, 0) is 49.0 Å². The van der Waals surface area contributed by atoms with Crippen molar-refractivity contribution in [2.45, 2.75) is 6.92 Å². The van der Waals surface area contributed by atoms with Crippen LogP contribution >= 0.6 is 23.8 Å². The first-order valence-electron chi connectivity index (χ1n) is 8.25. The summed E-state index contributed by atoms with van der Waals surface area (Å²) in [5.74, 6) is 0. The predicted molar refractivity (Wildman–Crippen MR) is 109 cm³/mol. The lowest BCUT2D eigenvalue weighted by atomic mass is 10.2. The van der Waals surface area contributed by atoms with Gasteiger partial charge >= 0.3 is 0 Å². The summed E-state index contributed by atoms with van der Waals surface area (Å²) in [5.41, 5.74) is 3.09. The van der Waals surface area contributed by atoms with Gasteiger partial charge in [-0.3, -0.25) is 10.1 Å². The number of benzene rings is 2. The number of aryl methyl sites for hydroxylation is 1. The Morgan fingerprint density at radius 1 is 1.15 bits per heavy atom. The van der Waals surface area contributed by atoms with Crippen LogP contribution in [-0.2, 0) is 0 Å². The van der Waals surface area contributed by atoms with Gasteiger partial charge in [0.2, 0.25) is 0 Å². The van der Waals surface area contributed by atoms with Crippen molar-refractivity contribution in [3.63, 3.8) is 0 Å². The van der Waals surface area contributed by atoms with Crippen molar-refractivity contribution in [1.29, 1.82) is 0 Å². The van der Waals surface area contributed by atoms with Crippen molar-refractivity contribution in [3.05, 3.63) is 63.2 Å². The number of piperazine rings is 1. The third kappa shape index (κ3) is 4.23. The second-order valence-corrected chi connectivity index (χ2v) is 6.96. The van der Waals surface area contributed by atoms with Crippen molar-refractivity contribution >= 4 is 46.0 Å². The first-order chi connectivity index (χ1) is 12.4. The SMILES string of the molecule is Cc1ccc(Cl)cc1NC(=S)N1CCN(c2ccc([N+](=O)[O-])cc2)CC1. The van der Waals surface area contributed by atoms with E-state index in [-0.39, 0.29) is 10.6 Å². The van der Waals surface area contributed by atoms with Crippen molar-refractivity contribution in [3.8, 4) is 0 Å². The van der Waals surface area contributed by atoms with Gasteiger partial charge < -0.3 is 15.1 Å². The summed E-state index contributed by atoms with van der Waals surface area (Å²) in [6.45, 7) is 5.17. The van der Waals surface area contributed by atoms with Crippen LogP contribution in [0.3, 0.4) is 0 Å². The number of nitrogens with one attached hydrogen (secondary N) is 1. The number of nitro groups is 1. The van der Waals surface area contributed by atoms with Crippen LogP contribution in [0.4, 0.5) is 17.1 Å². The third-order valence-electron chi connectivity index (χ3n) is 4.43. The molecular formula is C18H19ClN4O2S. The monoisotopic (exact) mass is 390 g/mol. The summed E-state index contributed by atoms with van der Waals surface area (Å²) in [6, 6.07) is 12.3. The van der Waals surface area contributed by atoms with E-state index in [9.17, 15) is 10.1 Å². The molecule has 1 N–H and O–H groups in total. The topological polar surface area (TPSA) is 61.6 Å². The fraction of sp³-hybridized carbons (Fsp3) is 0.278. The molecule has 0 aliphatic carbocycles. The zero-order valence-electron chi connectivity index (χ0n) is 14.3. The molecule has 1 fully saturated rings. The molecule has 2 aromatic carbocycles. The van der Waals surface area contributed by atoms with Crippen LogP contribution in [0.25, 0.3) is 0 Å². The predicted octanol–water partition coefficient (Wildman–Crippen LogP) is 4.08. The average Bonchev–Trinajstić information content (AvgIpc) is 2.65. The molecule has 0 spiro atoms. The highest BCUT2D eigenvalue weighted by Gasteiger charge is 2.20. The molecule has 0 saturated carbocycles. The number of nitro benzene ring substituents is 1. The maximum absolute atomic E-state index is 10.8. The molecule has 0 aromatic heterocycles. The lowest BCUT2D eigenvalue weighted by molar-refractivity contribution is -0.384. The fourth-order valence-corrected chi connectivity index (χ4v) is 3.34. The Kier molecular flexibility index (Phi) is 5.58. The van der Waals surface area contributed by atoms with E-state index in [1.54, 1.807) is 12.1 Å². The van der Waals surface area contributed by atoms with E-state index in [1.165, 1.54) is 12.1 Å². The van der Waals surface area contributed by atoms with Crippen LogP contribution < -0.4 is 10.2 Å². The molecule has 2 aromatic rings. The van der Waals surface area contributed by atoms with E-state index < -0.39 is 0 Å². The molecule has 0 bridgehead atoms. The highest BCUT2D eigenvalue weighted by Crippen LogP contribution is 2.23. The molecule has 0 amide bonds. The van der Waals surface area contributed by atoms with Gasteiger partial charge in [-0.25, -0.2) is 0 Å². The number of thiocarbonyl (C=S) groups is 1. The molecule has 0 unspecified atom stereocenters. The van der Waals surface area contributed by atoms with Crippen molar-refractivity contribution < 1.29 is 4.92 Å². The van der Waals surface area contributed by atoms with Gasteiger partial charge in [0.05, 0.1) is 4.92 Å². The minimum Gasteiger partial charge on any atom is -0.368 e. The van der Waals surface area contributed by atoms with Gasteiger partial charge in [-0.1, -0.05) is 17.7 Å². The fourth-order valence-electron chi connectivity index (χ4n) is 2.88. The number of anilines is 2. The number of hydrogen-bond donors (Lipinski definition) is 1. The van der Waals surface area contributed by atoms with Gasteiger partial charge in [0.15, 0.2) is 5.11 Å². The zero-order valence-corrected chi connectivity index (χ0v) is 15.9. The highest BCUT2D eigenvalue weighted by atomic mass is 35.5. The van der Waals surface area contributed by atoms with Crippen molar-refractivity contribution in [2.75, 3.05) is 36.4 Å². The molecule has 0 atom stereocenters. The quantitative estimate of drug-likeness (QED) is 0.484. The maximum atomic E-state index is 10.8. The standard InChI is InChI=1S/C18H19ClN4O2S/c1-13-2-3-14(19)12-17(13)20-18(26)22-10-8-21(9-11-22)15-4-6-16(7-5-15)23(24)25/h2-7,12H,8-11H2,1H3,(H,20,26). The third-order valence-corrected chi connectivity index (χ3v) is 5.03. The van der Waals surface area contributed by atoms with Gasteiger partial charge in [-0.2, -0.15) is 0 Å². The molecule has 0 radical (unpaired) electrons. The van der Waals surface area contributed by atoms with E-state index in [0.29, 0.717) is 10.1 Å². The zero-order chi connectivity index (χ0) is 18.7. The van der Waals surface area contributed by atoms with Crippen LogP contribution in [0.1, 0.15) is 5.56 Å². The Morgan fingerprint density at radius 3 is 2.42 bits per heavy atom. The maximum Gasteiger partial charge on any atom is 0.269 e. The number of nitrogens with zero attached hydrogens (tertiary/aromatic N) is 3. The van der Waals surface area contributed by atoms with Crippen molar-refractivity contribution in [2.24, 2.45) is 0 Å². The van der Waals surface area contributed by atoms with E-state index in [0.717, 1.165) is 43.1 Å². The molecule has 1 aliphatic heterocycles. The number of hydrogen-bond acceptors (Lipinski definition) is 4. The average molecular weight is 391 g/mol. The summed E-state index contributed by atoms with van der Waals surface area (Å²) in [7, 11) is 0. The van der Waals surface area contributed by atoms with Gasteiger partial charge in [0.25, 0.3) is 5.69 Å². The van der Waals surface area contributed by atoms with E-state index >= 15 is 0 Å². The molecule has 3 rings (SSSR count). The highest BCUT2D eigenvalue weighted by molar-refractivity contribution is 7.80. The van der Waals surface area contributed by atoms with E-state index in [1.807, 2.05) is 25.1 Å². The first-order valence-corrected chi connectivity index (χ1v) is 9.04. The molecule has 1 saturated heterocycles. The van der Waals surface area contributed by atoms with Crippen molar-refractivity contribution in [1.82, 2.24) is 4.90 Å². The Balaban J connectivity index is 1.58. The normalized spacial score (nSPS) is 14.2. The Labute approximate surface area is 162 Å². The van der Waals surface area contributed by atoms with Crippen LogP contribution in [0.2, 0.25) is 5.02 Å². The molecule has 8 heteroatoms. The van der Waals surface area contributed by atoms with Gasteiger partial charge in [0.1, 0.15) is 0 Å². The molecule has 6 nitrogen and oxygen atoms in total. The molecule has 136 valence electrons. The second-order valence-electron chi connectivity index (χ2n) is 6.14. The lowest BCUT2D eigenvalue weighted by Crippen LogP contribution is -2.50.